The number of hydrazone groups is 1. The number of ether oxygens (including phenoxy) is 1. The largest absolute Gasteiger partial charge is 0.394 e. The van der Waals surface area contributed by atoms with Gasteiger partial charge in [0.2, 0.25) is 0 Å². The van der Waals surface area contributed by atoms with Crippen LogP contribution in [0.4, 0.5) is 5.82 Å². The van der Waals surface area contributed by atoms with Crippen LogP contribution in [-0.4, -0.2) is 70.5 Å². The lowest BCUT2D eigenvalue weighted by Crippen LogP contribution is -2.33. The fourth-order valence-corrected chi connectivity index (χ4v) is 3.02. The van der Waals surface area contributed by atoms with Crippen molar-refractivity contribution in [3.63, 3.8) is 0 Å². The van der Waals surface area contributed by atoms with Gasteiger partial charge >= 0.3 is 0 Å². The lowest BCUT2D eigenvalue weighted by atomic mass is 10.1. The van der Waals surface area contributed by atoms with E-state index < -0.39 is 31.1 Å². The standard InChI is InChI=1S/C17H19N7O4/c1-9(10-2-4-18-5-3-10)22-23-15-12-16(20-7-19-15)24(8-21-12)17-14(27)13(26)11(6-25)28-17/h2-5,7-8,11,13-14,17,25-27H,6H2,1H3,(H,19,20,23)/b22-9-/t11-,13?,14?,17-/m1/s1. The van der Waals surface area contributed by atoms with Gasteiger partial charge in [0.05, 0.1) is 18.6 Å². The molecular weight excluding hydrogens is 366 g/mol. The van der Waals surface area contributed by atoms with Gasteiger partial charge < -0.3 is 20.1 Å². The van der Waals surface area contributed by atoms with E-state index in [0.29, 0.717) is 17.0 Å². The number of hydrogen-bond donors (Lipinski definition) is 4. The third kappa shape index (κ3) is 3.20. The van der Waals surface area contributed by atoms with E-state index in [1.807, 2.05) is 19.1 Å². The van der Waals surface area contributed by atoms with Crippen LogP contribution < -0.4 is 5.43 Å². The molecule has 4 heterocycles. The SMILES string of the molecule is C/C(=N/Nc1ncnc2c1ncn2[C@@H]1O[C@H](CO)C(O)C1O)c1ccncc1. The van der Waals surface area contributed by atoms with Crippen LogP contribution in [0.25, 0.3) is 11.2 Å². The highest BCUT2D eigenvalue weighted by atomic mass is 16.6. The Morgan fingerprint density at radius 1 is 1.21 bits per heavy atom. The number of rotatable bonds is 5. The van der Waals surface area contributed by atoms with Gasteiger partial charge in [-0.3, -0.25) is 15.0 Å². The van der Waals surface area contributed by atoms with Gasteiger partial charge in [-0.1, -0.05) is 0 Å². The lowest BCUT2D eigenvalue weighted by molar-refractivity contribution is -0.0511. The van der Waals surface area contributed by atoms with E-state index in [-0.39, 0.29) is 0 Å². The van der Waals surface area contributed by atoms with Crippen LogP contribution >= 0.6 is 0 Å². The topological polar surface area (TPSA) is 151 Å². The Labute approximate surface area is 159 Å². The first-order chi connectivity index (χ1) is 13.6. The molecule has 0 aromatic carbocycles. The van der Waals surface area contributed by atoms with Crippen molar-refractivity contribution in [2.45, 2.75) is 31.5 Å². The number of fused-ring (bicyclic) bond motifs is 1. The van der Waals surface area contributed by atoms with Crippen molar-refractivity contribution in [2.24, 2.45) is 5.10 Å². The van der Waals surface area contributed by atoms with Crippen LogP contribution in [0.3, 0.4) is 0 Å². The van der Waals surface area contributed by atoms with Crippen molar-refractivity contribution < 1.29 is 20.1 Å². The normalized spacial score (nSPS) is 25.4. The summed E-state index contributed by atoms with van der Waals surface area (Å²) in [7, 11) is 0. The first-order valence-electron chi connectivity index (χ1n) is 8.61. The number of imidazole rings is 1. The van der Waals surface area contributed by atoms with Gasteiger partial charge in [-0.15, -0.1) is 0 Å². The highest BCUT2D eigenvalue weighted by molar-refractivity contribution is 5.99. The molecule has 4 atom stereocenters. The average Bonchev–Trinajstić information content (AvgIpc) is 3.28. The molecule has 0 bridgehead atoms. The Kier molecular flexibility index (Phi) is 4.96. The summed E-state index contributed by atoms with van der Waals surface area (Å²) in [5.74, 6) is 0.379. The molecule has 1 fully saturated rings. The van der Waals surface area contributed by atoms with Crippen molar-refractivity contribution >= 4 is 22.7 Å². The maximum Gasteiger partial charge on any atom is 0.177 e. The van der Waals surface area contributed by atoms with Crippen LogP contribution in [0.1, 0.15) is 18.7 Å². The molecule has 28 heavy (non-hydrogen) atoms. The molecule has 1 aliphatic rings. The summed E-state index contributed by atoms with van der Waals surface area (Å²) in [6, 6.07) is 3.68. The molecule has 2 unspecified atom stereocenters. The highest BCUT2D eigenvalue weighted by Gasteiger charge is 2.44. The third-order valence-corrected chi connectivity index (χ3v) is 4.58. The Bertz CT molecular complexity index is 994. The zero-order chi connectivity index (χ0) is 19.7. The van der Waals surface area contributed by atoms with E-state index in [0.717, 1.165) is 11.3 Å². The number of nitrogens with one attached hydrogen (secondary N) is 1. The smallest absolute Gasteiger partial charge is 0.177 e. The molecule has 11 heteroatoms. The van der Waals surface area contributed by atoms with E-state index >= 15 is 0 Å². The number of aliphatic hydroxyl groups is 3. The summed E-state index contributed by atoms with van der Waals surface area (Å²) in [5.41, 5.74) is 5.33. The van der Waals surface area contributed by atoms with E-state index in [4.69, 9.17) is 4.74 Å². The van der Waals surface area contributed by atoms with Gasteiger partial charge in [0.15, 0.2) is 23.2 Å². The predicted molar refractivity (Wildman–Crippen MR) is 98.4 cm³/mol. The maximum absolute atomic E-state index is 10.2. The monoisotopic (exact) mass is 385 g/mol. The van der Waals surface area contributed by atoms with E-state index in [1.54, 1.807) is 12.4 Å². The molecule has 11 nitrogen and oxygen atoms in total. The van der Waals surface area contributed by atoms with Crippen LogP contribution in [0, 0.1) is 0 Å². The van der Waals surface area contributed by atoms with Crippen molar-refractivity contribution in [3.8, 4) is 0 Å². The number of aliphatic hydroxyl groups excluding tert-OH is 3. The maximum atomic E-state index is 10.2. The summed E-state index contributed by atoms with van der Waals surface area (Å²) in [6.07, 6.45) is 1.88. The van der Waals surface area contributed by atoms with Crippen LogP contribution in [0.2, 0.25) is 0 Å². The molecule has 3 aromatic heterocycles. The predicted octanol–water partition coefficient (Wildman–Crippen LogP) is -0.331. The second kappa shape index (κ2) is 7.56. The van der Waals surface area contributed by atoms with Gasteiger partial charge in [0.1, 0.15) is 24.6 Å². The number of anilines is 1. The van der Waals surface area contributed by atoms with Crippen LogP contribution in [0.5, 0.6) is 0 Å². The quantitative estimate of drug-likeness (QED) is 0.342. The van der Waals surface area contributed by atoms with Gasteiger partial charge in [-0.05, 0) is 19.1 Å². The Balaban J connectivity index is 1.63. The summed E-state index contributed by atoms with van der Waals surface area (Å²) >= 11 is 0. The second-order valence-electron chi connectivity index (χ2n) is 6.32. The number of pyridine rings is 1. The first kappa shape index (κ1) is 18.4. The van der Waals surface area contributed by atoms with E-state index in [2.05, 4.69) is 30.5 Å². The summed E-state index contributed by atoms with van der Waals surface area (Å²) < 4.78 is 7.03. The van der Waals surface area contributed by atoms with Crippen molar-refractivity contribution in [1.29, 1.82) is 0 Å². The van der Waals surface area contributed by atoms with Crippen LogP contribution in [0.15, 0.2) is 42.3 Å². The summed E-state index contributed by atoms with van der Waals surface area (Å²) in [5, 5.41) is 33.8. The molecule has 0 amide bonds. The minimum Gasteiger partial charge on any atom is -0.394 e. The fourth-order valence-electron chi connectivity index (χ4n) is 3.02. The Hall–Kier alpha value is -2.99. The molecular formula is C17H19N7O4. The summed E-state index contributed by atoms with van der Waals surface area (Å²) in [4.78, 5) is 16.6. The molecule has 0 spiro atoms. The molecule has 4 rings (SSSR count). The second-order valence-corrected chi connectivity index (χ2v) is 6.32. The Morgan fingerprint density at radius 3 is 2.71 bits per heavy atom. The number of nitrogens with zero attached hydrogens (tertiary/aromatic N) is 6. The van der Waals surface area contributed by atoms with Crippen molar-refractivity contribution in [2.75, 3.05) is 12.0 Å². The highest BCUT2D eigenvalue weighted by Crippen LogP contribution is 2.32. The average molecular weight is 385 g/mol. The number of hydrogen-bond acceptors (Lipinski definition) is 10. The molecule has 1 saturated heterocycles. The minimum atomic E-state index is -1.23. The first-order valence-corrected chi connectivity index (χ1v) is 8.61. The van der Waals surface area contributed by atoms with Gasteiger partial charge in [-0.25, -0.2) is 15.0 Å². The van der Waals surface area contributed by atoms with Gasteiger partial charge in [-0.2, -0.15) is 5.10 Å². The van der Waals surface area contributed by atoms with Crippen molar-refractivity contribution in [1.82, 2.24) is 24.5 Å². The number of aromatic nitrogens is 5. The fraction of sp³-hybridized carbons (Fsp3) is 0.353. The van der Waals surface area contributed by atoms with E-state index in [1.165, 1.54) is 17.2 Å². The minimum absolute atomic E-state index is 0.379. The summed E-state index contributed by atoms with van der Waals surface area (Å²) in [6.45, 7) is 1.44. The molecule has 0 aliphatic carbocycles. The molecule has 4 N–H and O–H groups in total. The van der Waals surface area contributed by atoms with Gasteiger partial charge in [0, 0.05) is 18.0 Å². The van der Waals surface area contributed by atoms with Gasteiger partial charge in [0.25, 0.3) is 0 Å². The lowest BCUT2D eigenvalue weighted by Gasteiger charge is -2.16. The zero-order valence-electron chi connectivity index (χ0n) is 14.9. The third-order valence-electron chi connectivity index (χ3n) is 4.58. The van der Waals surface area contributed by atoms with Crippen LogP contribution in [-0.2, 0) is 4.74 Å². The zero-order valence-corrected chi connectivity index (χ0v) is 14.9. The molecule has 3 aromatic rings. The van der Waals surface area contributed by atoms with E-state index in [9.17, 15) is 15.3 Å². The van der Waals surface area contributed by atoms with Crippen molar-refractivity contribution in [3.05, 3.63) is 42.7 Å². The molecule has 0 radical (unpaired) electrons. The Morgan fingerprint density at radius 2 is 2.00 bits per heavy atom. The molecule has 146 valence electrons. The molecule has 0 saturated carbocycles. The molecule has 1 aliphatic heterocycles.